The van der Waals surface area contributed by atoms with Crippen LogP contribution in [0.5, 0.6) is 0 Å². The highest BCUT2D eigenvalue weighted by Gasteiger charge is 2.45. The maximum atomic E-state index is 12.3. The highest BCUT2D eigenvalue weighted by atomic mass is 35.5. The molecule has 0 aromatic heterocycles. The first-order valence-corrected chi connectivity index (χ1v) is 9.47. The molecule has 2 heterocycles. The van der Waals surface area contributed by atoms with Gasteiger partial charge in [-0.1, -0.05) is 29.8 Å². The molecule has 4 rings (SSSR count). The maximum Gasteiger partial charge on any atom is 0.223 e. The van der Waals surface area contributed by atoms with Crippen molar-refractivity contribution in [1.29, 1.82) is 0 Å². The molecule has 24 heavy (non-hydrogen) atoms. The van der Waals surface area contributed by atoms with E-state index in [-0.39, 0.29) is 0 Å². The van der Waals surface area contributed by atoms with E-state index in [0.29, 0.717) is 41.9 Å². The first-order chi connectivity index (χ1) is 11.6. The lowest BCUT2D eigenvalue weighted by Crippen LogP contribution is -2.57. The van der Waals surface area contributed by atoms with Gasteiger partial charge < -0.3 is 10.0 Å². The van der Waals surface area contributed by atoms with Crippen LogP contribution in [0.25, 0.3) is 0 Å². The van der Waals surface area contributed by atoms with Gasteiger partial charge in [-0.3, -0.25) is 9.69 Å². The van der Waals surface area contributed by atoms with Gasteiger partial charge in [0.05, 0.1) is 6.10 Å². The topological polar surface area (TPSA) is 43.8 Å². The minimum absolute atomic E-state index is 0.364. The zero-order valence-corrected chi connectivity index (χ0v) is 14.7. The van der Waals surface area contributed by atoms with E-state index in [2.05, 4.69) is 9.80 Å². The number of likely N-dealkylation sites (tertiary alicyclic amines) is 2. The predicted molar refractivity (Wildman–Crippen MR) is 93.8 cm³/mol. The quantitative estimate of drug-likeness (QED) is 0.910. The van der Waals surface area contributed by atoms with Crippen LogP contribution < -0.4 is 0 Å². The summed E-state index contributed by atoms with van der Waals surface area (Å²) < 4.78 is 0. The summed E-state index contributed by atoms with van der Waals surface area (Å²) in [5, 5.41) is 11.2. The Hall–Kier alpha value is -1.10. The van der Waals surface area contributed by atoms with Crippen LogP contribution in [0.15, 0.2) is 24.3 Å². The van der Waals surface area contributed by atoms with Crippen molar-refractivity contribution in [2.75, 3.05) is 19.6 Å². The van der Waals surface area contributed by atoms with Gasteiger partial charge in [0.15, 0.2) is 0 Å². The van der Waals surface area contributed by atoms with E-state index in [4.69, 9.17) is 11.6 Å². The number of hydrogen-bond donors (Lipinski definition) is 1. The van der Waals surface area contributed by atoms with Crippen LogP contribution in [-0.2, 0) is 4.79 Å². The van der Waals surface area contributed by atoms with Crippen molar-refractivity contribution < 1.29 is 9.90 Å². The van der Waals surface area contributed by atoms with Gasteiger partial charge in [-0.05, 0) is 37.7 Å². The Balaban J connectivity index is 1.40. The number of halogens is 1. The molecule has 5 heteroatoms. The number of hydrogen-bond acceptors (Lipinski definition) is 3. The SMILES string of the molecule is O=C1CCC2CN(CC(O)c3ccccc3Cl)CCC2N1C1CC1. The van der Waals surface area contributed by atoms with E-state index >= 15 is 0 Å². The lowest BCUT2D eigenvalue weighted by atomic mass is 9.83. The highest BCUT2D eigenvalue weighted by Crippen LogP contribution is 2.39. The number of amides is 1. The van der Waals surface area contributed by atoms with Crippen LogP contribution >= 0.6 is 11.6 Å². The van der Waals surface area contributed by atoms with Crippen LogP contribution in [0.3, 0.4) is 0 Å². The van der Waals surface area contributed by atoms with Crippen molar-refractivity contribution in [3.05, 3.63) is 34.9 Å². The summed E-state index contributed by atoms with van der Waals surface area (Å²) in [6, 6.07) is 8.46. The number of benzene rings is 1. The highest BCUT2D eigenvalue weighted by molar-refractivity contribution is 6.31. The number of aliphatic hydroxyl groups excluding tert-OH is 1. The van der Waals surface area contributed by atoms with Gasteiger partial charge >= 0.3 is 0 Å². The number of β-amino-alcohol motifs (C(OH)–C–C–N with tert-alkyl or cyclic N) is 1. The Bertz CT molecular complexity index is 619. The van der Waals surface area contributed by atoms with E-state index in [0.717, 1.165) is 31.5 Å². The average molecular weight is 349 g/mol. The van der Waals surface area contributed by atoms with E-state index < -0.39 is 6.10 Å². The smallest absolute Gasteiger partial charge is 0.223 e. The molecule has 1 saturated carbocycles. The van der Waals surface area contributed by atoms with E-state index in [1.54, 1.807) is 0 Å². The number of aliphatic hydroxyl groups is 1. The summed E-state index contributed by atoms with van der Waals surface area (Å²) in [7, 11) is 0. The van der Waals surface area contributed by atoms with E-state index in [1.165, 1.54) is 12.8 Å². The number of nitrogens with zero attached hydrogens (tertiary/aromatic N) is 2. The first kappa shape index (κ1) is 16.4. The van der Waals surface area contributed by atoms with Crippen molar-refractivity contribution in [2.24, 2.45) is 5.92 Å². The molecule has 0 spiro atoms. The predicted octanol–water partition coefficient (Wildman–Crippen LogP) is 2.85. The van der Waals surface area contributed by atoms with Gasteiger partial charge in [0.25, 0.3) is 0 Å². The number of rotatable bonds is 4. The normalized spacial score (nSPS) is 29.4. The third-order valence-electron chi connectivity index (χ3n) is 5.79. The molecule has 1 aliphatic carbocycles. The Morgan fingerprint density at radius 3 is 2.75 bits per heavy atom. The molecule has 1 aromatic rings. The molecule has 4 nitrogen and oxygen atoms in total. The van der Waals surface area contributed by atoms with Gasteiger partial charge in [-0.15, -0.1) is 0 Å². The summed E-state index contributed by atoms with van der Waals surface area (Å²) in [5.74, 6) is 0.916. The largest absolute Gasteiger partial charge is 0.387 e. The molecule has 1 amide bonds. The van der Waals surface area contributed by atoms with Crippen molar-refractivity contribution >= 4 is 17.5 Å². The minimum Gasteiger partial charge on any atom is -0.387 e. The van der Waals surface area contributed by atoms with Crippen molar-refractivity contribution in [3.63, 3.8) is 0 Å². The Morgan fingerprint density at radius 1 is 1.21 bits per heavy atom. The van der Waals surface area contributed by atoms with E-state index in [9.17, 15) is 9.90 Å². The molecule has 3 aliphatic rings. The molecule has 3 atom stereocenters. The minimum atomic E-state index is -0.556. The molecule has 0 radical (unpaired) electrons. The fourth-order valence-electron chi connectivity index (χ4n) is 4.45. The zero-order valence-electron chi connectivity index (χ0n) is 13.9. The van der Waals surface area contributed by atoms with Crippen LogP contribution in [0.4, 0.5) is 0 Å². The zero-order chi connectivity index (χ0) is 16.7. The molecular formula is C19H25ClN2O2. The van der Waals surface area contributed by atoms with Crippen LogP contribution in [0.1, 0.15) is 43.8 Å². The van der Waals surface area contributed by atoms with Crippen LogP contribution in [0.2, 0.25) is 5.02 Å². The molecule has 130 valence electrons. The molecule has 2 aliphatic heterocycles. The summed E-state index contributed by atoms with van der Waals surface area (Å²) >= 11 is 6.20. The summed E-state index contributed by atoms with van der Waals surface area (Å²) in [6.45, 7) is 2.53. The second-order valence-electron chi connectivity index (χ2n) is 7.48. The first-order valence-electron chi connectivity index (χ1n) is 9.09. The van der Waals surface area contributed by atoms with Gasteiger partial charge in [0, 0.05) is 48.7 Å². The molecule has 2 saturated heterocycles. The molecule has 3 fully saturated rings. The molecule has 0 bridgehead atoms. The summed E-state index contributed by atoms with van der Waals surface area (Å²) in [4.78, 5) is 16.8. The second-order valence-corrected chi connectivity index (χ2v) is 7.89. The Labute approximate surface area is 148 Å². The van der Waals surface area contributed by atoms with E-state index in [1.807, 2.05) is 24.3 Å². The number of carbonyl (C=O) groups excluding carboxylic acids is 1. The van der Waals surface area contributed by atoms with Gasteiger partial charge in [-0.25, -0.2) is 0 Å². The molecule has 1 N–H and O–H groups in total. The van der Waals surface area contributed by atoms with Gasteiger partial charge in [0.2, 0.25) is 5.91 Å². The standard InChI is InChI=1S/C19H25ClN2O2/c20-16-4-2-1-3-15(16)18(23)12-21-10-9-17-13(11-21)5-8-19(24)22(17)14-6-7-14/h1-4,13-14,17-18,23H,5-12H2. The second kappa shape index (κ2) is 6.66. The number of carbonyl (C=O) groups is 1. The van der Waals surface area contributed by atoms with Gasteiger partial charge in [0.1, 0.15) is 0 Å². The van der Waals surface area contributed by atoms with Crippen molar-refractivity contribution in [1.82, 2.24) is 9.80 Å². The van der Waals surface area contributed by atoms with Crippen molar-refractivity contribution in [3.8, 4) is 0 Å². The summed E-state index contributed by atoms with van der Waals surface area (Å²) in [5.41, 5.74) is 0.805. The Morgan fingerprint density at radius 2 is 2.00 bits per heavy atom. The fourth-order valence-corrected chi connectivity index (χ4v) is 4.71. The molecule has 3 unspecified atom stereocenters. The van der Waals surface area contributed by atoms with Crippen LogP contribution in [-0.4, -0.2) is 52.5 Å². The summed E-state index contributed by atoms with van der Waals surface area (Å²) in [6.07, 6.45) is 4.53. The third-order valence-corrected chi connectivity index (χ3v) is 6.13. The number of piperidine rings is 2. The number of fused-ring (bicyclic) bond motifs is 1. The monoisotopic (exact) mass is 348 g/mol. The van der Waals surface area contributed by atoms with Crippen LogP contribution in [0, 0.1) is 5.92 Å². The fraction of sp³-hybridized carbons (Fsp3) is 0.632. The molecular weight excluding hydrogens is 324 g/mol. The Kier molecular flexibility index (Phi) is 4.54. The maximum absolute atomic E-state index is 12.3. The molecule has 1 aromatic carbocycles. The lowest BCUT2D eigenvalue weighted by molar-refractivity contribution is -0.142. The van der Waals surface area contributed by atoms with Gasteiger partial charge in [-0.2, -0.15) is 0 Å². The van der Waals surface area contributed by atoms with Crippen molar-refractivity contribution in [2.45, 2.75) is 50.3 Å². The third kappa shape index (κ3) is 3.19. The average Bonchev–Trinajstić information content (AvgIpc) is 3.40. The lowest BCUT2D eigenvalue weighted by Gasteiger charge is -2.47.